The summed E-state index contributed by atoms with van der Waals surface area (Å²) < 4.78 is 0. The lowest BCUT2D eigenvalue weighted by Gasteiger charge is -1.89. The van der Waals surface area contributed by atoms with Crippen molar-refractivity contribution >= 4 is 5.71 Å². The van der Waals surface area contributed by atoms with Gasteiger partial charge in [-0.25, -0.2) is 0 Å². The Labute approximate surface area is 75.9 Å². The second-order valence-electron chi connectivity index (χ2n) is 2.79. The van der Waals surface area contributed by atoms with E-state index in [-0.39, 0.29) is 0 Å². The third-order valence-corrected chi connectivity index (χ3v) is 1.53. The first-order valence-electron chi connectivity index (χ1n) is 4.58. The molecule has 0 amide bonds. The van der Waals surface area contributed by atoms with Crippen LogP contribution in [0.3, 0.4) is 0 Å². The van der Waals surface area contributed by atoms with E-state index in [9.17, 15) is 0 Å². The van der Waals surface area contributed by atoms with E-state index in [1.807, 2.05) is 27.7 Å². The molecule has 0 atom stereocenters. The molecule has 1 heteroatoms. The van der Waals surface area contributed by atoms with Crippen LogP contribution in [0.1, 0.15) is 41.0 Å². The van der Waals surface area contributed by atoms with Crippen molar-refractivity contribution in [1.82, 2.24) is 0 Å². The molecule has 0 fully saturated rings. The minimum absolute atomic E-state index is 1.05. The maximum Gasteiger partial charge on any atom is 0.0375 e. The largest absolute Gasteiger partial charge is 0.259 e. The smallest absolute Gasteiger partial charge is 0.0375 e. The normalized spacial score (nSPS) is 16.2. The van der Waals surface area contributed by atoms with Gasteiger partial charge in [0.2, 0.25) is 0 Å². The minimum Gasteiger partial charge on any atom is -0.259 e. The molecule has 1 nitrogen and oxygen atoms in total. The average Bonchev–Trinajstić information content (AvgIpc) is 2.16. The van der Waals surface area contributed by atoms with Gasteiger partial charge in [-0.1, -0.05) is 25.5 Å². The molecule has 0 saturated heterocycles. The molecule has 0 bridgehead atoms. The molecule has 0 saturated carbocycles. The van der Waals surface area contributed by atoms with Crippen LogP contribution in [0.4, 0.5) is 0 Å². The third kappa shape index (κ3) is 4.12. The lowest BCUT2D eigenvalue weighted by atomic mass is 10.2. The molecule has 0 aromatic heterocycles. The number of rotatable bonds is 0. The highest BCUT2D eigenvalue weighted by molar-refractivity contribution is 5.94. The molecular formula is C11H19N. The molecular weight excluding hydrogens is 146 g/mol. The molecule has 68 valence electrons. The quantitative estimate of drug-likeness (QED) is 0.518. The topological polar surface area (TPSA) is 12.4 Å². The molecule has 0 unspecified atom stereocenters. The molecule has 1 aliphatic rings. The molecule has 0 spiro atoms. The number of aliphatic imine (C=N–C) groups is 1. The van der Waals surface area contributed by atoms with E-state index in [1.165, 1.54) is 5.57 Å². The van der Waals surface area contributed by atoms with E-state index in [0.29, 0.717) is 0 Å². The van der Waals surface area contributed by atoms with Gasteiger partial charge in [-0.3, -0.25) is 4.99 Å². The highest BCUT2D eigenvalue weighted by Gasteiger charge is 1.95. The first kappa shape index (κ1) is 11.2. The average molecular weight is 165 g/mol. The van der Waals surface area contributed by atoms with Gasteiger partial charge in [0.15, 0.2) is 0 Å². The Morgan fingerprint density at radius 2 is 1.75 bits per heavy atom. The number of allylic oxidation sites excluding steroid dienone is 4. The van der Waals surface area contributed by atoms with Crippen LogP contribution < -0.4 is 0 Å². The summed E-state index contributed by atoms with van der Waals surface area (Å²) in [5.74, 6) is 0. The van der Waals surface area contributed by atoms with E-state index < -0.39 is 0 Å². The standard InChI is InChI=1S/C9H13N.C2H6/c1-7-4-5-8(2)10-9(3)6-7;1-2/h5-6H,4H2,1-3H3;1-2H3. The minimum atomic E-state index is 1.05. The lowest BCUT2D eigenvalue weighted by Crippen LogP contribution is -1.83. The summed E-state index contributed by atoms with van der Waals surface area (Å²) >= 11 is 0. The molecule has 0 radical (unpaired) electrons. The van der Waals surface area contributed by atoms with Crippen molar-refractivity contribution < 1.29 is 0 Å². The predicted molar refractivity (Wildman–Crippen MR) is 56.6 cm³/mol. The van der Waals surface area contributed by atoms with Crippen LogP contribution in [-0.4, -0.2) is 5.71 Å². The number of nitrogens with zero attached hydrogens (tertiary/aromatic N) is 1. The van der Waals surface area contributed by atoms with Crippen LogP contribution in [-0.2, 0) is 0 Å². The van der Waals surface area contributed by atoms with Gasteiger partial charge in [-0.15, -0.1) is 0 Å². The molecule has 12 heavy (non-hydrogen) atoms. The summed E-state index contributed by atoms with van der Waals surface area (Å²) in [6, 6.07) is 0. The van der Waals surface area contributed by atoms with Gasteiger partial charge in [-0.2, -0.15) is 0 Å². The summed E-state index contributed by atoms with van der Waals surface area (Å²) in [6.07, 6.45) is 5.34. The van der Waals surface area contributed by atoms with Crippen LogP contribution in [0.2, 0.25) is 0 Å². The fraction of sp³-hybridized carbons (Fsp3) is 0.545. The van der Waals surface area contributed by atoms with E-state index in [0.717, 1.165) is 17.8 Å². The molecule has 0 aromatic rings. The Kier molecular flexibility index (Phi) is 5.35. The fourth-order valence-corrected chi connectivity index (χ4v) is 1.08. The summed E-state index contributed by atoms with van der Waals surface area (Å²) in [6.45, 7) is 10.2. The summed E-state index contributed by atoms with van der Waals surface area (Å²) in [4.78, 5) is 4.33. The van der Waals surface area contributed by atoms with E-state index in [2.05, 4.69) is 24.1 Å². The van der Waals surface area contributed by atoms with Gasteiger partial charge in [0.1, 0.15) is 0 Å². The molecule has 1 rings (SSSR count). The van der Waals surface area contributed by atoms with Crippen molar-refractivity contribution in [2.75, 3.05) is 0 Å². The number of hydrogen-bond donors (Lipinski definition) is 0. The molecule has 1 heterocycles. The van der Waals surface area contributed by atoms with Crippen molar-refractivity contribution in [3.05, 3.63) is 23.4 Å². The zero-order valence-electron chi connectivity index (χ0n) is 8.81. The highest BCUT2D eigenvalue weighted by Crippen LogP contribution is 2.10. The molecule has 0 N–H and O–H groups in total. The molecule has 1 aliphatic heterocycles. The van der Waals surface area contributed by atoms with Gasteiger partial charge >= 0.3 is 0 Å². The van der Waals surface area contributed by atoms with Crippen LogP contribution in [0.15, 0.2) is 28.4 Å². The Morgan fingerprint density at radius 3 is 2.33 bits per heavy atom. The van der Waals surface area contributed by atoms with Crippen LogP contribution in [0.5, 0.6) is 0 Å². The van der Waals surface area contributed by atoms with E-state index in [1.54, 1.807) is 0 Å². The monoisotopic (exact) mass is 165 g/mol. The van der Waals surface area contributed by atoms with E-state index >= 15 is 0 Å². The lowest BCUT2D eigenvalue weighted by molar-refractivity contribution is 1.18. The maximum atomic E-state index is 4.33. The Hall–Kier alpha value is -0.850. The maximum absolute atomic E-state index is 4.33. The fourth-order valence-electron chi connectivity index (χ4n) is 1.08. The number of hydrogen-bond acceptors (Lipinski definition) is 1. The third-order valence-electron chi connectivity index (χ3n) is 1.53. The summed E-state index contributed by atoms with van der Waals surface area (Å²) in [5.41, 5.74) is 3.63. The summed E-state index contributed by atoms with van der Waals surface area (Å²) in [5, 5.41) is 0. The van der Waals surface area contributed by atoms with Crippen molar-refractivity contribution in [3.63, 3.8) is 0 Å². The van der Waals surface area contributed by atoms with Crippen LogP contribution in [0.25, 0.3) is 0 Å². The van der Waals surface area contributed by atoms with Gasteiger partial charge in [-0.05, 0) is 33.3 Å². The van der Waals surface area contributed by atoms with Crippen molar-refractivity contribution in [2.24, 2.45) is 4.99 Å². The van der Waals surface area contributed by atoms with Crippen LogP contribution >= 0.6 is 0 Å². The van der Waals surface area contributed by atoms with E-state index in [4.69, 9.17) is 0 Å². The summed E-state index contributed by atoms with van der Waals surface area (Å²) in [7, 11) is 0. The highest BCUT2D eigenvalue weighted by atomic mass is 14.7. The SMILES string of the molecule is CC.CC1=CC(C)=NC(C)=CC1. The second-order valence-corrected chi connectivity index (χ2v) is 2.79. The van der Waals surface area contributed by atoms with Crippen molar-refractivity contribution in [3.8, 4) is 0 Å². The van der Waals surface area contributed by atoms with Crippen molar-refractivity contribution in [1.29, 1.82) is 0 Å². The first-order valence-corrected chi connectivity index (χ1v) is 4.58. The Morgan fingerprint density at radius 1 is 1.17 bits per heavy atom. The zero-order chi connectivity index (χ0) is 9.56. The Balaban J connectivity index is 0.000000561. The second kappa shape index (κ2) is 5.76. The van der Waals surface area contributed by atoms with Gasteiger partial charge in [0, 0.05) is 11.4 Å². The van der Waals surface area contributed by atoms with Crippen LogP contribution in [0, 0.1) is 0 Å². The molecule has 0 aromatic carbocycles. The Bertz CT molecular complexity index is 219. The zero-order valence-corrected chi connectivity index (χ0v) is 8.81. The van der Waals surface area contributed by atoms with Gasteiger partial charge in [0.05, 0.1) is 0 Å². The first-order chi connectivity index (χ1) is 5.68. The van der Waals surface area contributed by atoms with Gasteiger partial charge < -0.3 is 0 Å². The predicted octanol–water partition coefficient (Wildman–Crippen LogP) is 3.73. The van der Waals surface area contributed by atoms with Gasteiger partial charge in [0.25, 0.3) is 0 Å². The molecule has 0 aliphatic carbocycles. The van der Waals surface area contributed by atoms with Crippen molar-refractivity contribution in [2.45, 2.75) is 41.0 Å².